The second-order valence-electron chi connectivity index (χ2n) is 3.96. The van der Waals surface area contributed by atoms with E-state index in [0.717, 1.165) is 5.56 Å². The molecule has 0 bridgehead atoms. The monoisotopic (exact) mass is 276 g/mol. The topological polar surface area (TPSA) is 74.6 Å². The van der Waals surface area contributed by atoms with Crippen LogP contribution in [0.25, 0.3) is 0 Å². The normalized spacial score (nSPS) is 12.0. The molecule has 2 N–H and O–H groups in total. The maximum Gasteiger partial charge on any atom is 0.336 e. The number of aromatic hydroxyl groups is 1. The van der Waals surface area contributed by atoms with Gasteiger partial charge in [-0.1, -0.05) is 24.3 Å². The van der Waals surface area contributed by atoms with Gasteiger partial charge in [0.2, 0.25) is 0 Å². The molecular weight excluding hydrogens is 264 g/mol. The number of carboxylic acids is 1. The molecule has 0 aliphatic carbocycles. The molecule has 2 rings (SSSR count). The molecule has 1 unspecified atom stereocenters. The number of benzene rings is 2. The molecular formula is C14H12O4S. The second kappa shape index (κ2) is 5.67. The molecule has 1 atom stereocenters. The Morgan fingerprint density at radius 1 is 1.05 bits per heavy atom. The van der Waals surface area contributed by atoms with E-state index in [0.29, 0.717) is 4.90 Å². The van der Waals surface area contributed by atoms with E-state index in [2.05, 4.69) is 0 Å². The fourth-order valence-electron chi connectivity index (χ4n) is 1.66. The minimum Gasteiger partial charge on any atom is -0.508 e. The minimum atomic E-state index is -1.44. The van der Waals surface area contributed by atoms with Gasteiger partial charge in [-0.25, -0.2) is 4.79 Å². The lowest BCUT2D eigenvalue weighted by atomic mass is 10.2. The van der Waals surface area contributed by atoms with Crippen molar-refractivity contribution in [2.75, 3.05) is 0 Å². The van der Waals surface area contributed by atoms with Crippen molar-refractivity contribution in [2.24, 2.45) is 0 Å². The summed E-state index contributed by atoms with van der Waals surface area (Å²) in [4.78, 5) is 11.4. The zero-order chi connectivity index (χ0) is 13.8. The van der Waals surface area contributed by atoms with E-state index in [4.69, 9.17) is 5.11 Å². The highest BCUT2D eigenvalue weighted by Gasteiger charge is 2.14. The zero-order valence-electron chi connectivity index (χ0n) is 9.95. The molecule has 2 aromatic carbocycles. The summed E-state index contributed by atoms with van der Waals surface area (Å²) >= 11 is 0. The van der Waals surface area contributed by atoms with Crippen molar-refractivity contribution in [3.63, 3.8) is 0 Å². The van der Waals surface area contributed by atoms with E-state index >= 15 is 0 Å². The predicted molar refractivity (Wildman–Crippen MR) is 71.6 cm³/mol. The Kier molecular flexibility index (Phi) is 3.97. The summed E-state index contributed by atoms with van der Waals surface area (Å²) in [5.41, 5.74) is 0.830. The molecule has 0 saturated carbocycles. The van der Waals surface area contributed by atoms with Crippen LogP contribution in [0.3, 0.4) is 0 Å². The maximum atomic E-state index is 12.2. The first-order valence-corrected chi connectivity index (χ1v) is 6.88. The van der Waals surface area contributed by atoms with Gasteiger partial charge < -0.3 is 10.2 Å². The third-order valence-corrected chi connectivity index (χ3v) is 4.04. The van der Waals surface area contributed by atoms with E-state index < -0.39 is 16.8 Å². The first kappa shape index (κ1) is 13.3. The SMILES string of the molecule is O=C(O)c1ccccc1S(=O)Cc1ccc(O)cc1. The van der Waals surface area contributed by atoms with E-state index in [9.17, 15) is 14.1 Å². The average molecular weight is 276 g/mol. The molecule has 0 amide bonds. The minimum absolute atomic E-state index is 0.0552. The van der Waals surface area contributed by atoms with Gasteiger partial charge in [0.05, 0.1) is 27.0 Å². The van der Waals surface area contributed by atoms with Gasteiger partial charge in [0.15, 0.2) is 0 Å². The standard InChI is InChI=1S/C14H12O4S/c15-11-7-5-10(6-8-11)9-19(18)13-4-2-1-3-12(13)14(16)17/h1-8,15H,9H2,(H,16,17). The first-order valence-electron chi connectivity index (χ1n) is 5.56. The fraction of sp³-hybridized carbons (Fsp3) is 0.0714. The molecule has 0 fully saturated rings. The van der Waals surface area contributed by atoms with E-state index in [-0.39, 0.29) is 17.1 Å². The number of hydrogen-bond acceptors (Lipinski definition) is 3. The lowest BCUT2D eigenvalue weighted by molar-refractivity contribution is 0.0693. The number of phenolic OH excluding ortho intramolecular Hbond substituents is 1. The van der Waals surface area contributed by atoms with Gasteiger partial charge in [-0.15, -0.1) is 0 Å². The van der Waals surface area contributed by atoms with Gasteiger partial charge in [0.25, 0.3) is 0 Å². The van der Waals surface area contributed by atoms with Crippen molar-refractivity contribution >= 4 is 16.8 Å². The highest BCUT2D eigenvalue weighted by molar-refractivity contribution is 7.84. The molecule has 0 aliphatic heterocycles. The fourth-order valence-corrected chi connectivity index (χ4v) is 2.94. The summed E-state index contributed by atoms with van der Waals surface area (Å²) in [5.74, 6) is -0.736. The van der Waals surface area contributed by atoms with E-state index in [1.807, 2.05) is 0 Å². The van der Waals surface area contributed by atoms with Gasteiger partial charge in [0.1, 0.15) is 5.75 Å². The summed E-state index contributed by atoms with van der Waals surface area (Å²) < 4.78 is 12.2. The molecule has 19 heavy (non-hydrogen) atoms. The molecule has 5 heteroatoms. The van der Waals surface area contributed by atoms with Crippen molar-refractivity contribution < 1.29 is 19.2 Å². The van der Waals surface area contributed by atoms with Crippen molar-refractivity contribution in [1.29, 1.82) is 0 Å². The summed E-state index contributed by atoms with van der Waals surface area (Å²) in [5, 5.41) is 18.2. The van der Waals surface area contributed by atoms with Crippen LogP contribution in [0.4, 0.5) is 0 Å². The summed E-state index contributed by atoms with van der Waals surface area (Å²) in [6.07, 6.45) is 0. The van der Waals surface area contributed by atoms with Crippen LogP contribution in [-0.4, -0.2) is 20.4 Å². The molecule has 0 saturated heterocycles. The maximum absolute atomic E-state index is 12.2. The van der Waals surface area contributed by atoms with Crippen molar-refractivity contribution in [3.8, 4) is 5.75 Å². The third-order valence-electron chi connectivity index (χ3n) is 2.60. The smallest absolute Gasteiger partial charge is 0.336 e. The number of phenols is 1. The predicted octanol–water partition coefficient (Wildman–Crippen LogP) is 2.40. The summed E-state index contributed by atoms with van der Waals surface area (Å²) in [6, 6.07) is 12.6. The van der Waals surface area contributed by atoms with Crippen molar-refractivity contribution in [1.82, 2.24) is 0 Å². The molecule has 98 valence electrons. The number of carbonyl (C=O) groups is 1. The zero-order valence-corrected chi connectivity index (χ0v) is 10.8. The number of aromatic carboxylic acids is 1. The lowest BCUT2D eigenvalue weighted by Gasteiger charge is -2.06. The van der Waals surface area contributed by atoms with Gasteiger partial charge in [-0.2, -0.15) is 0 Å². The Morgan fingerprint density at radius 2 is 1.68 bits per heavy atom. The number of carboxylic acid groups (broad SMARTS) is 1. The molecule has 0 spiro atoms. The number of hydrogen-bond donors (Lipinski definition) is 2. The summed E-state index contributed by atoms with van der Waals surface area (Å²) in [7, 11) is -1.44. The van der Waals surface area contributed by atoms with Crippen LogP contribution in [0.1, 0.15) is 15.9 Å². The molecule has 0 aliphatic rings. The Hall–Kier alpha value is -2.14. The van der Waals surface area contributed by atoms with Crippen LogP contribution in [0.15, 0.2) is 53.4 Å². The van der Waals surface area contributed by atoms with Gasteiger partial charge in [-0.3, -0.25) is 4.21 Å². The van der Waals surface area contributed by atoms with Crippen molar-refractivity contribution in [3.05, 3.63) is 59.7 Å². The Bertz CT molecular complexity index is 620. The highest BCUT2D eigenvalue weighted by Crippen LogP contribution is 2.18. The van der Waals surface area contributed by atoms with Gasteiger partial charge in [0, 0.05) is 0 Å². The molecule has 2 aromatic rings. The molecule has 4 nitrogen and oxygen atoms in total. The van der Waals surface area contributed by atoms with Crippen LogP contribution in [-0.2, 0) is 16.6 Å². The van der Waals surface area contributed by atoms with Gasteiger partial charge >= 0.3 is 5.97 Å². The quantitative estimate of drug-likeness (QED) is 0.899. The van der Waals surface area contributed by atoms with Crippen molar-refractivity contribution in [2.45, 2.75) is 10.6 Å². The van der Waals surface area contributed by atoms with Crippen LogP contribution in [0, 0.1) is 0 Å². The second-order valence-corrected chi connectivity index (χ2v) is 5.38. The van der Waals surface area contributed by atoms with E-state index in [1.165, 1.54) is 18.2 Å². The van der Waals surface area contributed by atoms with Crippen LogP contribution < -0.4 is 0 Å². The molecule has 0 aromatic heterocycles. The average Bonchev–Trinajstić information content (AvgIpc) is 2.41. The highest BCUT2D eigenvalue weighted by atomic mass is 32.2. The third kappa shape index (κ3) is 3.20. The lowest BCUT2D eigenvalue weighted by Crippen LogP contribution is -2.05. The Morgan fingerprint density at radius 3 is 2.32 bits per heavy atom. The Balaban J connectivity index is 2.25. The van der Waals surface area contributed by atoms with Gasteiger partial charge in [-0.05, 0) is 29.8 Å². The first-order chi connectivity index (χ1) is 9.08. The Labute approximate surface area is 112 Å². The van der Waals surface area contributed by atoms with Crippen LogP contribution in [0.2, 0.25) is 0 Å². The van der Waals surface area contributed by atoms with E-state index in [1.54, 1.807) is 30.3 Å². The molecule has 0 heterocycles. The molecule has 0 radical (unpaired) electrons. The summed E-state index contributed by atoms with van der Waals surface area (Å²) in [6.45, 7) is 0. The van der Waals surface area contributed by atoms with Crippen LogP contribution >= 0.6 is 0 Å². The van der Waals surface area contributed by atoms with Crippen LogP contribution in [0.5, 0.6) is 5.75 Å². The largest absolute Gasteiger partial charge is 0.508 e. The number of rotatable bonds is 4.